The predicted octanol–water partition coefficient (Wildman–Crippen LogP) is 2.53. The van der Waals surface area contributed by atoms with E-state index in [-0.39, 0.29) is 6.10 Å². The third-order valence-electron chi connectivity index (χ3n) is 6.06. The highest BCUT2D eigenvalue weighted by Gasteiger charge is 2.61. The normalized spacial score (nSPS) is 38.1. The summed E-state index contributed by atoms with van der Waals surface area (Å²) in [5.41, 5.74) is 0.754. The second-order valence-electron chi connectivity index (χ2n) is 7.67. The van der Waals surface area contributed by atoms with Crippen molar-refractivity contribution in [3.8, 4) is 0 Å². The molecular formula is C16H31NO2. The van der Waals surface area contributed by atoms with Crippen LogP contribution in [0.3, 0.4) is 0 Å². The predicted molar refractivity (Wildman–Crippen MR) is 78.1 cm³/mol. The Morgan fingerprint density at radius 3 is 2.47 bits per heavy atom. The van der Waals surface area contributed by atoms with E-state index in [4.69, 9.17) is 4.74 Å². The summed E-state index contributed by atoms with van der Waals surface area (Å²) in [4.78, 5) is 2.02. The highest BCUT2D eigenvalue weighted by Crippen LogP contribution is 2.66. The zero-order valence-electron chi connectivity index (χ0n) is 13.3. The third-order valence-corrected chi connectivity index (χ3v) is 6.06. The maximum atomic E-state index is 9.87. The molecule has 4 unspecified atom stereocenters. The molecule has 112 valence electrons. The van der Waals surface area contributed by atoms with Gasteiger partial charge in [0.25, 0.3) is 0 Å². The van der Waals surface area contributed by atoms with Gasteiger partial charge < -0.3 is 14.7 Å². The molecule has 0 amide bonds. The van der Waals surface area contributed by atoms with Crippen molar-refractivity contribution in [2.24, 2.45) is 16.7 Å². The maximum absolute atomic E-state index is 9.87. The SMILES string of the molecule is CN(C)CC(O)CCOC1CC2CCC1(C)C2(C)C. The van der Waals surface area contributed by atoms with Gasteiger partial charge in [-0.2, -0.15) is 0 Å². The summed E-state index contributed by atoms with van der Waals surface area (Å²) in [6.07, 6.45) is 4.76. The van der Waals surface area contributed by atoms with Gasteiger partial charge in [-0.15, -0.1) is 0 Å². The topological polar surface area (TPSA) is 32.7 Å². The summed E-state index contributed by atoms with van der Waals surface area (Å²) in [5, 5.41) is 9.87. The molecule has 0 spiro atoms. The average molecular weight is 269 g/mol. The molecule has 2 saturated carbocycles. The van der Waals surface area contributed by atoms with E-state index >= 15 is 0 Å². The zero-order chi connectivity index (χ0) is 14.3. The lowest BCUT2D eigenvalue weighted by Gasteiger charge is -2.39. The summed E-state index contributed by atoms with van der Waals surface area (Å²) in [6, 6.07) is 0. The van der Waals surface area contributed by atoms with Gasteiger partial charge in [0.15, 0.2) is 0 Å². The second kappa shape index (κ2) is 5.34. The molecule has 2 fully saturated rings. The van der Waals surface area contributed by atoms with Crippen LogP contribution in [0.2, 0.25) is 0 Å². The summed E-state index contributed by atoms with van der Waals surface area (Å²) in [6.45, 7) is 8.64. The molecule has 1 N–H and O–H groups in total. The number of likely N-dealkylation sites (N-methyl/N-ethyl adjacent to an activating group) is 1. The van der Waals surface area contributed by atoms with Crippen LogP contribution >= 0.6 is 0 Å². The van der Waals surface area contributed by atoms with Crippen LogP contribution in [-0.2, 0) is 4.74 Å². The van der Waals surface area contributed by atoms with Crippen molar-refractivity contribution in [2.75, 3.05) is 27.2 Å². The van der Waals surface area contributed by atoms with E-state index in [0.717, 1.165) is 18.9 Å². The van der Waals surface area contributed by atoms with Gasteiger partial charge in [-0.25, -0.2) is 0 Å². The molecule has 0 aliphatic heterocycles. The monoisotopic (exact) mass is 269 g/mol. The van der Waals surface area contributed by atoms with E-state index < -0.39 is 0 Å². The van der Waals surface area contributed by atoms with E-state index in [9.17, 15) is 5.11 Å². The Kier molecular flexibility index (Phi) is 4.29. The van der Waals surface area contributed by atoms with Crippen LogP contribution < -0.4 is 0 Å². The highest BCUT2D eigenvalue weighted by molar-refractivity contribution is 5.11. The van der Waals surface area contributed by atoms with Crippen LogP contribution in [-0.4, -0.2) is 49.5 Å². The number of hydrogen-bond acceptors (Lipinski definition) is 3. The molecule has 0 heterocycles. The Morgan fingerprint density at radius 2 is 2.00 bits per heavy atom. The van der Waals surface area contributed by atoms with Crippen LogP contribution in [0, 0.1) is 16.7 Å². The van der Waals surface area contributed by atoms with Crippen LogP contribution in [0.5, 0.6) is 0 Å². The van der Waals surface area contributed by atoms with Gasteiger partial charge in [-0.05, 0) is 56.5 Å². The molecular weight excluding hydrogens is 238 g/mol. The first-order chi connectivity index (χ1) is 8.77. The van der Waals surface area contributed by atoms with Crippen LogP contribution in [0.15, 0.2) is 0 Å². The molecule has 0 saturated heterocycles. The molecule has 0 aromatic rings. The molecule has 3 nitrogen and oxygen atoms in total. The summed E-state index contributed by atoms with van der Waals surface area (Å²) in [7, 11) is 3.98. The Bertz CT molecular complexity index is 316. The highest BCUT2D eigenvalue weighted by atomic mass is 16.5. The Balaban J connectivity index is 1.79. The van der Waals surface area contributed by atoms with E-state index in [0.29, 0.717) is 23.5 Å². The second-order valence-corrected chi connectivity index (χ2v) is 7.67. The van der Waals surface area contributed by atoms with Crippen LogP contribution in [0.1, 0.15) is 46.5 Å². The first-order valence-electron chi connectivity index (χ1n) is 7.72. The number of aliphatic hydroxyl groups is 1. The van der Waals surface area contributed by atoms with E-state index in [1.54, 1.807) is 0 Å². The molecule has 19 heavy (non-hydrogen) atoms. The zero-order valence-corrected chi connectivity index (χ0v) is 13.3. The number of nitrogens with zero attached hydrogens (tertiary/aromatic N) is 1. The van der Waals surface area contributed by atoms with Crippen LogP contribution in [0.25, 0.3) is 0 Å². The van der Waals surface area contributed by atoms with Crippen molar-refractivity contribution < 1.29 is 9.84 Å². The lowest BCUT2D eigenvalue weighted by Crippen LogP contribution is -2.37. The van der Waals surface area contributed by atoms with Crippen molar-refractivity contribution in [2.45, 2.75) is 58.7 Å². The van der Waals surface area contributed by atoms with E-state index in [1.807, 2.05) is 19.0 Å². The first kappa shape index (κ1) is 15.3. The first-order valence-corrected chi connectivity index (χ1v) is 7.72. The summed E-state index contributed by atoms with van der Waals surface area (Å²) in [5.74, 6) is 0.828. The van der Waals surface area contributed by atoms with Crippen molar-refractivity contribution in [1.82, 2.24) is 4.90 Å². The van der Waals surface area contributed by atoms with Gasteiger partial charge in [0.2, 0.25) is 0 Å². The molecule has 3 heteroatoms. The Hall–Kier alpha value is -0.120. The lowest BCUT2D eigenvalue weighted by molar-refractivity contribution is -0.0557. The molecule has 0 aromatic carbocycles. The molecule has 0 radical (unpaired) electrons. The van der Waals surface area contributed by atoms with E-state index in [2.05, 4.69) is 20.8 Å². The lowest BCUT2D eigenvalue weighted by atomic mass is 9.70. The van der Waals surface area contributed by atoms with Crippen molar-refractivity contribution in [3.05, 3.63) is 0 Å². The molecule has 2 aliphatic carbocycles. The Labute approximate surface area is 118 Å². The van der Waals surface area contributed by atoms with E-state index in [1.165, 1.54) is 19.3 Å². The van der Waals surface area contributed by atoms with Crippen molar-refractivity contribution in [1.29, 1.82) is 0 Å². The fourth-order valence-corrected chi connectivity index (χ4v) is 4.24. The van der Waals surface area contributed by atoms with Gasteiger partial charge in [0.1, 0.15) is 0 Å². The van der Waals surface area contributed by atoms with Crippen molar-refractivity contribution >= 4 is 0 Å². The summed E-state index contributed by atoms with van der Waals surface area (Å²) >= 11 is 0. The van der Waals surface area contributed by atoms with Gasteiger partial charge in [0, 0.05) is 13.2 Å². The Morgan fingerprint density at radius 1 is 1.32 bits per heavy atom. The minimum Gasteiger partial charge on any atom is -0.392 e. The molecule has 2 rings (SSSR count). The smallest absolute Gasteiger partial charge is 0.0688 e. The number of rotatable bonds is 6. The quantitative estimate of drug-likeness (QED) is 0.804. The fourth-order valence-electron chi connectivity index (χ4n) is 4.24. The minimum atomic E-state index is -0.269. The molecule has 0 aromatic heterocycles. The van der Waals surface area contributed by atoms with Crippen LogP contribution in [0.4, 0.5) is 0 Å². The number of fused-ring (bicyclic) bond motifs is 2. The van der Waals surface area contributed by atoms with Gasteiger partial charge in [-0.1, -0.05) is 20.8 Å². The molecule has 2 bridgehead atoms. The third kappa shape index (κ3) is 2.70. The fraction of sp³-hybridized carbons (Fsp3) is 1.00. The largest absolute Gasteiger partial charge is 0.392 e. The number of aliphatic hydroxyl groups excluding tert-OH is 1. The molecule has 2 aliphatic rings. The standard InChI is InChI=1S/C16H31NO2/c1-15(2)12-6-8-16(15,3)14(10-12)19-9-7-13(18)11-17(4)5/h12-14,18H,6-11H2,1-5H3. The van der Waals surface area contributed by atoms with Gasteiger partial charge >= 0.3 is 0 Å². The minimum absolute atomic E-state index is 0.269. The maximum Gasteiger partial charge on any atom is 0.0688 e. The average Bonchev–Trinajstić information content (AvgIpc) is 2.60. The van der Waals surface area contributed by atoms with Crippen molar-refractivity contribution in [3.63, 3.8) is 0 Å². The number of ether oxygens (including phenoxy) is 1. The van der Waals surface area contributed by atoms with Gasteiger partial charge in [-0.3, -0.25) is 0 Å². The molecule has 4 atom stereocenters. The summed E-state index contributed by atoms with van der Waals surface area (Å²) < 4.78 is 6.15. The van der Waals surface area contributed by atoms with Gasteiger partial charge in [0.05, 0.1) is 12.2 Å². The number of hydrogen-bond donors (Lipinski definition) is 1.